The minimum absolute atomic E-state index is 0.0313. The number of H-pyrrole nitrogens is 1. The van der Waals surface area contributed by atoms with Crippen LogP contribution in [0.2, 0.25) is 0 Å². The summed E-state index contributed by atoms with van der Waals surface area (Å²) >= 11 is 0. The smallest absolute Gasteiger partial charge is 0.406 e. The highest BCUT2D eigenvalue weighted by atomic mass is 19.4. The molecule has 0 radical (unpaired) electrons. The van der Waals surface area contributed by atoms with E-state index >= 15 is 0 Å². The number of carbonyl (C=O) groups is 2. The van der Waals surface area contributed by atoms with E-state index < -0.39 is 29.8 Å². The summed E-state index contributed by atoms with van der Waals surface area (Å²) in [4.78, 5) is 29.0. The van der Waals surface area contributed by atoms with Crippen LogP contribution in [0.5, 0.6) is 5.75 Å². The van der Waals surface area contributed by atoms with Crippen LogP contribution < -0.4 is 4.74 Å². The molecule has 6 nitrogen and oxygen atoms in total. The van der Waals surface area contributed by atoms with Gasteiger partial charge in [-0.1, -0.05) is 0 Å². The van der Waals surface area contributed by atoms with E-state index in [0.29, 0.717) is 24.9 Å². The van der Waals surface area contributed by atoms with Crippen molar-refractivity contribution < 1.29 is 32.6 Å². The molecule has 3 rings (SSSR count). The highest BCUT2D eigenvalue weighted by Crippen LogP contribution is 2.29. The molecule has 1 aromatic carbocycles. The van der Waals surface area contributed by atoms with E-state index in [1.807, 2.05) is 0 Å². The van der Waals surface area contributed by atoms with Crippen molar-refractivity contribution in [2.45, 2.75) is 25.2 Å². The van der Waals surface area contributed by atoms with Gasteiger partial charge < -0.3 is 19.7 Å². The number of hydrogen-bond donors (Lipinski definition) is 2. The van der Waals surface area contributed by atoms with Gasteiger partial charge in [0.05, 0.1) is 18.2 Å². The molecule has 1 amide bonds. The van der Waals surface area contributed by atoms with Crippen LogP contribution in [0.4, 0.5) is 13.2 Å². The number of nitrogens with one attached hydrogen (secondary N) is 1. The first-order valence-corrected chi connectivity index (χ1v) is 7.63. The van der Waals surface area contributed by atoms with Gasteiger partial charge in [-0.3, -0.25) is 9.59 Å². The third-order valence-corrected chi connectivity index (χ3v) is 4.17. The Bertz CT molecular complexity index is 815. The third kappa shape index (κ3) is 3.46. The Balaban J connectivity index is 1.91. The second-order valence-corrected chi connectivity index (χ2v) is 5.76. The van der Waals surface area contributed by atoms with Crippen molar-refractivity contribution in [1.29, 1.82) is 0 Å². The zero-order valence-electron chi connectivity index (χ0n) is 13.0. The number of halogens is 3. The molecule has 1 aliphatic heterocycles. The quantitative estimate of drug-likeness (QED) is 0.650. The molecule has 0 aliphatic carbocycles. The number of benzene rings is 1. The lowest BCUT2D eigenvalue weighted by atomic mass is 10.1. The molecule has 134 valence electrons. The van der Waals surface area contributed by atoms with Crippen molar-refractivity contribution in [2.24, 2.45) is 0 Å². The molecular weight excluding hydrogens is 341 g/mol. The number of carbonyl (C=O) groups excluding carboxylic acids is 2. The van der Waals surface area contributed by atoms with Crippen LogP contribution in [0.1, 0.15) is 23.2 Å². The summed E-state index contributed by atoms with van der Waals surface area (Å²) in [7, 11) is 0. The van der Waals surface area contributed by atoms with Gasteiger partial charge >= 0.3 is 6.36 Å². The van der Waals surface area contributed by atoms with Crippen molar-refractivity contribution in [3.8, 4) is 5.75 Å². The molecule has 25 heavy (non-hydrogen) atoms. The van der Waals surface area contributed by atoms with Gasteiger partial charge in [-0.2, -0.15) is 0 Å². The predicted octanol–water partition coefficient (Wildman–Crippen LogP) is 2.23. The fourth-order valence-corrected chi connectivity index (χ4v) is 3.02. The van der Waals surface area contributed by atoms with E-state index in [9.17, 15) is 27.9 Å². The summed E-state index contributed by atoms with van der Waals surface area (Å²) in [5, 5.41) is 9.45. The van der Waals surface area contributed by atoms with Crippen LogP contribution in [-0.2, 0) is 4.79 Å². The minimum Gasteiger partial charge on any atom is -0.406 e. The molecule has 1 aliphatic rings. The van der Waals surface area contributed by atoms with Crippen molar-refractivity contribution in [3.63, 3.8) is 0 Å². The molecule has 0 saturated carbocycles. The lowest BCUT2D eigenvalue weighted by molar-refractivity contribution is -0.274. The van der Waals surface area contributed by atoms with E-state index in [-0.39, 0.29) is 17.6 Å². The second-order valence-electron chi connectivity index (χ2n) is 5.76. The van der Waals surface area contributed by atoms with Gasteiger partial charge in [0.1, 0.15) is 5.75 Å². The monoisotopic (exact) mass is 356 g/mol. The van der Waals surface area contributed by atoms with Crippen LogP contribution >= 0.6 is 0 Å². The summed E-state index contributed by atoms with van der Waals surface area (Å²) < 4.78 is 40.9. The Morgan fingerprint density at radius 3 is 2.80 bits per heavy atom. The molecule has 0 bridgehead atoms. The van der Waals surface area contributed by atoms with Gasteiger partial charge in [0.15, 0.2) is 0 Å². The summed E-state index contributed by atoms with van der Waals surface area (Å²) in [6, 6.07) is 3.10. The van der Waals surface area contributed by atoms with Gasteiger partial charge in [0, 0.05) is 23.6 Å². The first-order valence-electron chi connectivity index (χ1n) is 7.63. The Morgan fingerprint density at radius 2 is 2.12 bits per heavy atom. The average molecular weight is 356 g/mol. The lowest BCUT2D eigenvalue weighted by Gasteiger charge is -2.21. The van der Waals surface area contributed by atoms with Gasteiger partial charge in [-0.05, 0) is 31.0 Å². The highest BCUT2D eigenvalue weighted by Gasteiger charge is 2.34. The number of ketones is 1. The zero-order chi connectivity index (χ0) is 18.2. The number of likely N-dealkylation sites (tertiary alicyclic amines) is 1. The molecule has 0 spiro atoms. The van der Waals surface area contributed by atoms with Crippen molar-refractivity contribution >= 4 is 22.6 Å². The van der Waals surface area contributed by atoms with Crippen LogP contribution in [0.3, 0.4) is 0 Å². The molecule has 9 heteroatoms. The number of hydrogen-bond acceptors (Lipinski definition) is 4. The Labute approximate surface area is 140 Å². The first-order chi connectivity index (χ1) is 11.8. The van der Waals surface area contributed by atoms with E-state index in [1.54, 1.807) is 0 Å². The Hall–Kier alpha value is -2.55. The number of Topliss-reactive ketones (excluding diaryl/α,β-unsaturated/α-hetero) is 1. The second kappa shape index (κ2) is 6.40. The maximum absolute atomic E-state index is 12.5. The largest absolute Gasteiger partial charge is 0.573 e. The molecule has 1 aromatic heterocycles. The minimum atomic E-state index is -4.85. The number of aliphatic hydroxyl groups excluding tert-OH is 1. The highest BCUT2D eigenvalue weighted by molar-refractivity contribution is 6.45. The number of rotatable bonds is 4. The number of ether oxygens (including phenoxy) is 1. The fourth-order valence-electron chi connectivity index (χ4n) is 3.02. The summed E-state index contributed by atoms with van der Waals surface area (Å²) in [6.45, 7) is 0.122. The van der Waals surface area contributed by atoms with E-state index in [4.69, 9.17) is 0 Å². The summed E-state index contributed by atoms with van der Waals surface area (Å²) in [5.41, 5.74) is 0.377. The van der Waals surface area contributed by atoms with E-state index in [2.05, 4.69) is 9.72 Å². The van der Waals surface area contributed by atoms with Crippen LogP contribution in [0, 0.1) is 0 Å². The first kappa shape index (κ1) is 17.3. The van der Waals surface area contributed by atoms with Crippen LogP contribution in [0.15, 0.2) is 24.4 Å². The summed E-state index contributed by atoms with van der Waals surface area (Å²) in [5.74, 6) is -2.09. The predicted molar refractivity (Wildman–Crippen MR) is 81.1 cm³/mol. The van der Waals surface area contributed by atoms with Crippen LogP contribution in [-0.4, -0.2) is 52.2 Å². The van der Waals surface area contributed by atoms with Gasteiger partial charge in [-0.25, -0.2) is 0 Å². The topological polar surface area (TPSA) is 82.6 Å². The number of aliphatic hydroxyl groups is 1. The third-order valence-electron chi connectivity index (χ3n) is 4.17. The maximum atomic E-state index is 12.5. The van der Waals surface area contributed by atoms with Gasteiger partial charge in [-0.15, -0.1) is 13.2 Å². The van der Waals surface area contributed by atoms with Crippen molar-refractivity contribution in [1.82, 2.24) is 9.88 Å². The number of fused-ring (bicyclic) bond motifs is 1. The molecule has 2 N–H and O–H groups in total. The lowest BCUT2D eigenvalue weighted by Crippen LogP contribution is -2.41. The van der Waals surface area contributed by atoms with Crippen LogP contribution in [0.25, 0.3) is 10.9 Å². The normalized spacial score (nSPS) is 17.9. The summed E-state index contributed by atoms with van der Waals surface area (Å²) in [6.07, 6.45) is -2.28. The Morgan fingerprint density at radius 1 is 1.36 bits per heavy atom. The number of alkyl halides is 3. The SMILES string of the molecule is O=C(C(=O)N1CCC[C@H]1CO)c1c[nH]c2ccc(OC(F)(F)F)cc12. The van der Waals surface area contributed by atoms with Crippen molar-refractivity contribution in [3.05, 3.63) is 30.0 Å². The van der Waals surface area contributed by atoms with Gasteiger partial charge in [0.25, 0.3) is 11.7 Å². The van der Waals surface area contributed by atoms with Gasteiger partial charge in [0.2, 0.25) is 0 Å². The van der Waals surface area contributed by atoms with E-state index in [1.165, 1.54) is 17.2 Å². The number of amides is 1. The molecule has 2 heterocycles. The average Bonchev–Trinajstić information content (AvgIpc) is 3.18. The van der Waals surface area contributed by atoms with Crippen molar-refractivity contribution in [2.75, 3.05) is 13.2 Å². The molecule has 1 atom stereocenters. The molecule has 0 unspecified atom stereocenters. The number of nitrogens with zero attached hydrogens (tertiary/aromatic N) is 1. The molecule has 1 fully saturated rings. The Kier molecular flexibility index (Phi) is 4.42. The standard InChI is InChI=1S/C16H15F3N2O4/c17-16(18,19)25-10-3-4-13-11(6-10)12(7-20-13)14(23)15(24)21-5-1-2-9(21)8-22/h3-4,6-7,9,20,22H,1-2,5,8H2/t9-/m0/s1. The van der Waals surface area contributed by atoms with E-state index in [0.717, 1.165) is 12.1 Å². The zero-order valence-corrected chi connectivity index (χ0v) is 13.0. The maximum Gasteiger partial charge on any atom is 0.573 e. The fraction of sp³-hybridized carbons (Fsp3) is 0.375. The number of aromatic amines is 1. The number of aromatic nitrogens is 1. The molecular formula is C16H15F3N2O4. The molecule has 2 aromatic rings. The molecule has 1 saturated heterocycles.